The molecule has 2 atom stereocenters. The van der Waals surface area contributed by atoms with Crippen LogP contribution in [0.15, 0.2) is 0 Å². The summed E-state index contributed by atoms with van der Waals surface area (Å²) < 4.78 is 5.18. The van der Waals surface area contributed by atoms with Crippen molar-refractivity contribution in [3.8, 4) is 0 Å². The van der Waals surface area contributed by atoms with Crippen LogP contribution in [0.1, 0.15) is 20.3 Å². The molecule has 0 aliphatic carbocycles. The third kappa shape index (κ3) is 1.52. The lowest BCUT2D eigenvalue weighted by atomic mass is 10.1. The van der Waals surface area contributed by atoms with E-state index in [9.17, 15) is 4.79 Å². The standard InChI is InChI=1S/C7H12O2/c1-5-3-7(6(2)8)9-4-5/h5,7H,3-4H2,1-2H3/t5-,7+/m0/s1. The van der Waals surface area contributed by atoms with Crippen molar-refractivity contribution >= 4 is 5.78 Å². The molecule has 52 valence electrons. The van der Waals surface area contributed by atoms with Crippen molar-refractivity contribution < 1.29 is 9.53 Å². The first-order valence-corrected chi connectivity index (χ1v) is 3.32. The predicted molar refractivity (Wildman–Crippen MR) is 34.2 cm³/mol. The molecule has 0 unspecified atom stereocenters. The van der Waals surface area contributed by atoms with Crippen molar-refractivity contribution in [2.75, 3.05) is 6.61 Å². The van der Waals surface area contributed by atoms with Gasteiger partial charge in [0.2, 0.25) is 0 Å². The zero-order valence-electron chi connectivity index (χ0n) is 5.89. The van der Waals surface area contributed by atoms with E-state index >= 15 is 0 Å². The molecule has 1 aliphatic heterocycles. The fourth-order valence-corrected chi connectivity index (χ4v) is 1.07. The lowest BCUT2D eigenvalue weighted by Crippen LogP contribution is -2.15. The molecule has 1 fully saturated rings. The summed E-state index contributed by atoms with van der Waals surface area (Å²) in [4.78, 5) is 10.7. The molecule has 2 nitrogen and oxygen atoms in total. The van der Waals surface area contributed by atoms with E-state index in [-0.39, 0.29) is 11.9 Å². The second-order valence-corrected chi connectivity index (χ2v) is 2.77. The van der Waals surface area contributed by atoms with Gasteiger partial charge in [-0.25, -0.2) is 0 Å². The second-order valence-electron chi connectivity index (χ2n) is 2.77. The maximum atomic E-state index is 10.7. The van der Waals surface area contributed by atoms with Crippen LogP contribution in [-0.2, 0) is 9.53 Å². The highest BCUT2D eigenvalue weighted by Gasteiger charge is 2.24. The SMILES string of the molecule is CC(=O)[C@H]1C[C@H](C)CO1. The highest BCUT2D eigenvalue weighted by Crippen LogP contribution is 2.18. The molecule has 0 bridgehead atoms. The van der Waals surface area contributed by atoms with Gasteiger partial charge in [0, 0.05) is 0 Å². The molecule has 0 aromatic carbocycles. The zero-order chi connectivity index (χ0) is 6.85. The summed E-state index contributed by atoms with van der Waals surface area (Å²) in [6.45, 7) is 4.44. The van der Waals surface area contributed by atoms with Crippen LogP contribution in [0.25, 0.3) is 0 Å². The Hall–Kier alpha value is -0.370. The molecule has 0 spiro atoms. The van der Waals surface area contributed by atoms with Crippen molar-refractivity contribution in [3.63, 3.8) is 0 Å². The summed E-state index contributed by atoms with van der Waals surface area (Å²) in [6, 6.07) is 0. The van der Waals surface area contributed by atoms with Gasteiger partial charge in [0.05, 0.1) is 6.61 Å². The molecule has 1 rings (SSSR count). The van der Waals surface area contributed by atoms with Crippen LogP contribution in [0, 0.1) is 5.92 Å². The average Bonchev–Trinajstić information content (AvgIpc) is 2.14. The molecule has 0 amide bonds. The van der Waals surface area contributed by atoms with Gasteiger partial charge in [0.25, 0.3) is 0 Å². The van der Waals surface area contributed by atoms with Gasteiger partial charge in [-0.15, -0.1) is 0 Å². The first-order valence-electron chi connectivity index (χ1n) is 3.32. The molecule has 0 N–H and O–H groups in total. The zero-order valence-corrected chi connectivity index (χ0v) is 5.89. The molecule has 2 heteroatoms. The Morgan fingerprint density at radius 1 is 1.67 bits per heavy atom. The van der Waals surface area contributed by atoms with Crippen molar-refractivity contribution in [1.82, 2.24) is 0 Å². The molecule has 0 aromatic rings. The number of hydrogen-bond acceptors (Lipinski definition) is 2. The van der Waals surface area contributed by atoms with Crippen LogP contribution in [0.5, 0.6) is 0 Å². The van der Waals surface area contributed by atoms with Crippen molar-refractivity contribution in [2.45, 2.75) is 26.4 Å². The van der Waals surface area contributed by atoms with Gasteiger partial charge in [-0.3, -0.25) is 4.79 Å². The Balaban J connectivity index is 2.39. The van der Waals surface area contributed by atoms with Crippen molar-refractivity contribution in [3.05, 3.63) is 0 Å². The number of Topliss-reactive ketones (excluding diaryl/α,β-unsaturated/α-hetero) is 1. The van der Waals surface area contributed by atoms with Gasteiger partial charge >= 0.3 is 0 Å². The quantitative estimate of drug-likeness (QED) is 0.526. The summed E-state index contributed by atoms with van der Waals surface area (Å²) >= 11 is 0. The maximum Gasteiger partial charge on any atom is 0.158 e. The molecule has 1 saturated heterocycles. The normalized spacial score (nSPS) is 34.9. The first kappa shape index (κ1) is 6.75. The van der Waals surface area contributed by atoms with Crippen LogP contribution in [-0.4, -0.2) is 18.5 Å². The number of carbonyl (C=O) groups is 1. The third-order valence-corrected chi connectivity index (χ3v) is 1.65. The Kier molecular flexibility index (Phi) is 1.86. The molecular weight excluding hydrogens is 116 g/mol. The minimum atomic E-state index is -0.0972. The van der Waals surface area contributed by atoms with Crippen LogP contribution < -0.4 is 0 Å². The summed E-state index contributed by atoms with van der Waals surface area (Å²) in [5.74, 6) is 0.734. The van der Waals surface area contributed by atoms with Crippen LogP contribution in [0.4, 0.5) is 0 Å². The smallest absolute Gasteiger partial charge is 0.158 e. The summed E-state index contributed by atoms with van der Waals surface area (Å²) in [7, 11) is 0. The highest BCUT2D eigenvalue weighted by molar-refractivity contribution is 5.80. The maximum absolute atomic E-state index is 10.7. The third-order valence-electron chi connectivity index (χ3n) is 1.65. The van der Waals surface area contributed by atoms with E-state index in [0.717, 1.165) is 13.0 Å². The molecular formula is C7H12O2. The molecule has 0 saturated carbocycles. The largest absolute Gasteiger partial charge is 0.370 e. The second kappa shape index (κ2) is 2.48. The minimum absolute atomic E-state index is 0.0972. The van der Waals surface area contributed by atoms with Gasteiger partial charge < -0.3 is 4.74 Å². The number of ether oxygens (including phenoxy) is 1. The van der Waals surface area contributed by atoms with E-state index in [4.69, 9.17) is 4.74 Å². The van der Waals surface area contributed by atoms with Crippen LogP contribution in [0.2, 0.25) is 0 Å². The van der Waals surface area contributed by atoms with Gasteiger partial charge in [0.15, 0.2) is 5.78 Å². The van der Waals surface area contributed by atoms with Gasteiger partial charge in [0.1, 0.15) is 6.10 Å². The Bertz CT molecular complexity index is 120. The lowest BCUT2D eigenvalue weighted by Gasteiger charge is -2.01. The van der Waals surface area contributed by atoms with Crippen molar-refractivity contribution in [2.24, 2.45) is 5.92 Å². The van der Waals surface area contributed by atoms with Gasteiger partial charge in [-0.2, -0.15) is 0 Å². The first-order chi connectivity index (χ1) is 4.20. The molecule has 0 radical (unpaired) electrons. The van der Waals surface area contributed by atoms with Gasteiger partial charge in [-0.05, 0) is 19.3 Å². The fourth-order valence-electron chi connectivity index (χ4n) is 1.07. The molecule has 1 aliphatic rings. The van der Waals surface area contributed by atoms with Crippen LogP contribution >= 0.6 is 0 Å². The predicted octanol–water partition coefficient (Wildman–Crippen LogP) is 1.00. The molecule has 9 heavy (non-hydrogen) atoms. The van der Waals surface area contributed by atoms with E-state index in [0.29, 0.717) is 5.92 Å². The minimum Gasteiger partial charge on any atom is -0.370 e. The molecule has 1 heterocycles. The number of ketones is 1. The van der Waals surface area contributed by atoms with E-state index < -0.39 is 0 Å². The van der Waals surface area contributed by atoms with Crippen molar-refractivity contribution in [1.29, 1.82) is 0 Å². The summed E-state index contributed by atoms with van der Waals surface area (Å²) in [6.07, 6.45) is 0.815. The number of carbonyl (C=O) groups excluding carboxylic acids is 1. The number of rotatable bonds is 1. The van der Waals surface area contributed by atoms with Crippen LogP contribution in [0.3, 0.4) is 0 Å². The van der Waals surface area contributed by atoms with E-state index in [1.807, 2.05) is 0 Å². The Morgan fingerprint density at radius 3 is 2.56 bits per heavy atom. The molecule has 0 aromatic heterocycles. The Labute approximate surface area is 55.2 Å². The van der Waals surface area contributed by atoms with Gasteiger partial charge in [-0.1, -0.05) is 6.92 Å². The highest BCUT2D eigenvalue weighted by atomic mass is 16.5. The Morgan fingerprint density at radius 2 is 2.33 bits per heavy atom. The summed E-state index contributed by atoms with van der Waals surface area (Å²) in [5.41, 5.74) is 0. The van der Waals surface area contributed by atoms with E-state index in [1.165, 1.54) is 0 Å². The van der Waals surface area contributed by atoms with E-state index in [1.54, 1.807) is 6.92 Å². The fraction of sp³-hybridized carbons (Fsp3) is 0.857. The number of hydrogen-bond donors (Lipinski definition) is 0. The topological polar surface area (TPSA) is 26.3 Å². The lowest BCUT2D eigenvalue weighted by molar-refractivity contribution is -0.125. The summed E-state index contributed by atoms with van der Waals surface area (Å²) in [5, 5.41) is 0. The average molecular weight is 128 g/mol. The monoisotopic (exact) mass is 128 g/mol. The van der Waals surface area contributed by atoms with E-state index in [2.05, 4.69) is 6.92 Å².